The summed E-state index contributed by atoms with van der Waals surface area (Å²) in [4.78, 5) is 0. The van der Waals surface area contributed by atoms with Crippen molar-refractivity contribution in [3.8, 4) is 0 Å². The van der Waals surface area contributed by atoms with Crippen molar-refractivity contribution in [3.05, 3.63) is 89.2 Å². The smallest absolute Gasteiger partial charge is 0.0914 e. The summed E-state index contributed by atoms with van der Waals surface area (Å²) in [5.74, 6) is 0. The summed E-state index contributed by atoms with van der Waals surface area (Å²) in [6, 6.07) is 18.3. The van der Waals surface area contributed by atoms with Crippen LogP contribution < -0.4 is 5.32 Å². The van der Waals surface area contributed by atoms with E-state index in [9.17, 15) is 5.11 Å². The molecule has 0 saturated heterocycles. The predicted molar refractivity (Wildman–Crippen MR) is 95.6 cm³/mol. The second-order valence-corrected chi connectivity index (χ2v) is 6.09. The van der Waals surface area contributed by atoms with Crippen LogP contribution in [-0.4, -0.2) is 21.4 Å². The summed E-state index contributed by atoms with van der Waals surface area (Å²) in [5, 5.41) is 17.9. The fourth-order valence-corrected chi connectivity index (χ4v) is 2.61. The first-order valence-electron chi connectivity index (χ1n) is 8.21. The van der Waals surface area contributed by atoms with Gasteiger partial charge in [0.1, 0.15) is 0 Å². The number of aliphatic hydroxyl groups is 1. The lowest BCUT2D eigenvalue weighted by Gasteiger charge is -2.12. The SMILES string of the molecule is Cc1ccc(C(O)CNCc2cnn(Cc3ccccc3)c2)cc1. The Morgan fingerprint density at radius 1 is 1.04 bits per heavy atom. The minimum absolute atomic E-state index is 0.495. The van der Waals surface area contributed by atoms with Crippen LogP contribution in [0, 0.1) is 6.92 Å². The molecule has 2 aromatic carbocycles. The zero-order valence-corrected chi connectivity index (χ0v) is 13.9. The van der Waals surface area contributed by atoms with Gasteiger partial charge >= 0.3 is 0 Å². The number of aromatic nitrogens is 2. The van der Waals surface area contributed by atoms with E-state index < -0.39 is 6.10 Å². The van der Waals surface area contributed by atoms with Crippen molar-refractivity contribution < 1.29 is 5.11 Å². The summed E-state index contributed by atoms with van der Waals surface area (Å²) >= 11 is 0. The lowest BCUT2D eigenvalue weighted by atomic mass is 10.1. The average Bonchev–Trinajstić information content (AvgIpc) is 3.03. The Morgan fingerprint density at radius 3 is 2.54 bits per heavy atom. The lowest BCUT2D eigenvalue weighted by Crippen LogP contribution is -2.20. The van der Waals surface area contributed by atoms with Gasteiger partial charge in [0.25, 0.3) is 0 Å². The Balaban J connectivity index is 1.48. The van der Waals surface area contributed by atoms with E-state index >= 15 is 0 Å². The van der Waals surface area contributed by atoms with Crippen molar-refractivity contribution in [2.45, 2.75) is 26.1 Å². The molecule has 0 saturated carbocycles. The third-order valence-electron chi connectivity index (χ3n) is 4.00. The van der Waals surface area contributed by atoms with E-state index in [1.54, 1.807) is 0 Å². The molecule has 0 aliphatic carbocycles. The van der Waals surface area contributed by atoms with Crippen LogP contribution in [0.4, 0.5) is 0 Å². The highest BCUT2D eigenvalue weighted by Crippen LogP contribution is 2.13. The van der Waals surface area contributed by atoms with E-state index in [0.717, 1.165) is 17.7 Å². The molecule has 0 aliphatic heterocycles. The van der Waals surface area contributed by atoms with Gasteiger partial charge in [-0.25, -0.2) is 0 Å². The van der Waals surface area contributed by atoms with Gasteiger partial charge < -0.3 is 10.4 Å². The molecule has 0 aliphatic rings. The number of rotatable bonds is 7. The van der Waals surface area contributed by atoms with Gasteiger partial charge in [0.05, 0.1) is 18.8 Å². The first kappa shape index (κ1) is 16.4. The van der Waals surface area contributed by atoms with Crippen LogP contribution in [-0.2, 0) is 13.1 Å². The van der Waals surface area contributed by atoms with Crippen LogP contribution in [0.2, 0.25) is 0 Å². The third-order valence-corrected chi connectivity index (χ3v) is 4.00. The Kier molecular flexibility index (Phi) is 5.41. The van der Waals surface area contributed by atoms with Gasteiger partial charge in [-0.15, -0.1) is 0 Å². The summed E-state index contributed by atoms with van der Waals surface area (Å²) in [6.45, 7) is 4.03. The van der Waals surface area contributed by atoms with Crippen molar-refractivity contribution >= 4 is 0 Å². The maximum absolute atomic E-state index is 10.2. The minimum Gasteiger partial charge on any atom is -0.387 e. The molecule has 4 nitrogen and oxygen atoms in total. The first-order valence-corrected chi connectivity index (χ1v) is 8.21. The molecular weight excluding hydrogens is 298 g/mol. The number of nitrogens with zero attached hydrogens (tertiary/aromatic N) is 2. The number of aryl methyl sites for hydroxylation is 1. The molecule has 1 atom stereocenters. The predicted octanol–water partition coefficient (Wildman–Crippen LogP) is 3.06. The minimum atomic E-state index is -0.495. The van der Waals surface area contributed by atoms with Gasteiger partial charge in [0.2, 0.25) is 0 Å². The Hall–Kier alpha value is -2.43. The van der Waals surface area contributed by atoms with Crippen molar-refractivity contribution in [1.29, 1.82) is 0 Å². The molecule has 0 radical (unpaired) electrons. The largest absolute Gasteiger partial charge is 0.387 e. The molecule has 1 unspecified atom stereocenters. The highest BCUT2D eigenvalue weighted by Gasteiger charge is 2.07. The van der Waals surface area contributed by atoms with Crippen molar-refractivity contribution in [3.63, 3.8) is 0 Å². The molecule has 124 valence electrons. The van der Waals surface area contributed by atoms with Crippen LogP contribution in [0.5, 0.6) is 0 Å². The summed E-state index contributed by atoms with van der Waals surface area (Å²) in [6.07, 6.45) is 3.41. The quantitative estimate of drug-likeness (QED) is 0.703. The second-order valence-electron chi connectivity index (χ2n) is 6.09. The molecule has 0 bridgehead atoms. The zero-order valence-electron chi connectivity index (χ0n) is 13.9. The molecule has 3 rings (SSSR count). The number of hydrogen-bond acceptors (Lipinski definition) is 3. The highest BCUT2D eigenvalue weighted by atomic mass is 16.3. The second kappa shape index (κ2) is 7.90. The standard InChI is InChI=1S/C20H23N3O/c1-16-7-9-19(10-8-16)20(24)13-21-11-18-12-22-23(15-18)14-17-5-3-2-4-6-17/h2-10,12,15,20-21,24H,11,13-14H2,1H3. The van der Waals surface area contributed by atoms with Gasteiger partial charge in [0, 0.05) is 24.8 Å². The topological polar surface area (TPSA) is 50.1 Å². The molecule has 24 heavy (non-hydrogen) atoms. The maximum atomic E-state index is 10.2. The first-order chi connectivity index (χ1) is 11.7. The Morgan fingerprint density at radius 2 is 1.79 bits per heavy atom. The zero-order chi connectivity index (χ0) is 16.8. The molecule has 0 spiro atoms. The summed E-state index contributed by atoms with van der Waals surface area (Å²) in [7, 11) is 0. The Bertz CT molecular complexity index is 750. The van der Waals surface area contributed by atoms with Crippen LogP contribution >= 0.6 is 0 Å². The van der Waals surface area contributed by atoms with Gasteiger partial charge in [-0.3, -0.25) is 4.68 Å². The van der Waals surface area contributed by atoms with Crippen LogP contribution in [0.25, 0.3) is 0 Å². The highest BCUT2D eigenvalue weighted by molar-refractivity contribution is 5.23. The van der Waals surface area contributed by atoms with Crippen molar-refractivity contribution in [2.24, 2.45) is 0 Å². The van der Waals surface area contributed by atoms with E-state index in [0.29, 0.717) is 13.1 Å². The molecule has 2 N–H and O–H groups in total. The van der Waals surface area contributed by atoms with E-state index in [4.69, 9.17) is 0 Å². The van der Waals surface area contributed by atoms with Crippen molar-refractivity contribution in [2.75, 3.05) is 6.54 Å². The molecule has 0 fully saturated rings. The van der Waals surface area contributed by atoms with E-state index in [2.05, 4.69) is 22.5 Å². The monoisotopic (exact) mass is 321 g/mol. The van der Waals surface area contributed by atoms with Gasteiger partial charge in [-0.2, -0.15) is 5.10 Å². The molecule has 3 aromatic rings. The average molecular weight is 321 g/mol. The number of aliphatic hydroxyl groups excluding tert-OH is 1. The van der Waals surface area contributed by atoms with Gasteiger partial charge in [0.15, 0.2) is 0 Å². The van der Waals surface area contributed by atoms with Crippen LogP contribution in [0.3, 0.4) is 0 Å². The summed E-state index contributed by atoms with van der Waals surface area (Å²) < 4.78 is 1.93. The van der Waals surface area contributed by atoms with Gasteiger partial charge in [-0.1, -0.05) is 60.2 Å². The molecule has 0 amide bonds. The van der Waals surface area contributed by atoms with Crippen LogP contribution in [0.1, 0.15) is 28.4 Å². The fourth-order valence-electron chi connectivity index (χ4n) is 2.61. The summed E-state index contributed by atoms with van der Waals surface area (Å²) in [5.41, 5.74) is 4.48. The van der Waals surface area contributed by atoms with E-state index in [1.165, 1.54) is 11.1 Å². The number of hydrogen-bond donors (Lipinski definition) is 2. The molecule has 4 heteroatoms. The third kappa shape index (κ3) is 4.54. The molecular formula is C20H23N3O. The van der Waals surface area contributed by atoms with E-state index in [1.807, 2.05) is 66.5 Å². The Labute approximate surface area is 142 Å². The van der Waals surface area contributed by atoms with E-state index in [-0.39, 0.29) is 0 Å². The fraction of sp³-hybridized carbons (Fsp3) is 0.250. The maximum Gasteiger partial charge on any atom is 0.0914 e. The molecule has 1 aromatic heterocycles. The number of benzene rings is 2. The normalized spacial score (nSPS) is 12.2. The van der Waals surface area contributed by atoms with Crippen molar-refractivity contribution in [1.82, 2.24) is 15.1 Å². The number of nitrogens with one attached hydrogen (secondary N) is 1. The lowest BCUT2D eigenvalue weighted by molar-refractivity contribution is 0.174. The van der Waals surface area contributed by atoms with Gasteiger partial charge in [-0.05, 0) is 18.1 Å². The van der Waals surface area contributed by atoms with Crippen LogP contribution in [0.15, 0.2) is 67.0 Å². The molecule has 1 heterocycles.